The third-order valence-electron chi connectivity index (χ3n) is 2.97. The van der Waals surface area contributed by atoms with E-state index in [2.05, 4.69) is 5.32 Å². The molecule has 6 nitrogen and oxygen atoms in total. The highest BCUT2D eigenvalue weighted by molar-refractivity contribution is 7.92. The van der Waals surface area contributed by atoms with Crippen LogP contribution in [0.2, 0.25) is 5.02 Å². The summed E-state index contributed by atoms with van der Waals surface area (Å²) in [6.45, 7) is 0. The van der Waals surface area contributed by atoms with E-state index < -0.39 is 21.5 Å². The molecule has 2 N–H and O–H groups in total. The van der Waals surface area contributed by atoms with Crippen LogP contribution in [-0.4, -0.2) is 32.3 Å². The van der Waals surface area contributed by atoms with Gasteiger partial charge in [-0.1, -0.05) is 29.8 Å². The molecule has 2 aromatic carbocycles. The molecule has 0 aliphatic rings. The molecule has 0 saturated carbocycles. The number of sulfone groups is 1. The van der Waals surface area contributed by atoms with Crippen molar-refractivity contribution in [2.24, 2.45) is 0 Å². The van der Waals surface area contributed by atoms with E-state index in [1.165, 1.54) is 31.4 Å². The molecule has 0 heterocycles. The van der Waals surface area contributed by atoms with Gasteiger partial charge in [-0.2, -0.15) is 0 Å². The third kappa shape index (κ3) is 4.14. The van der Waals surface area contributed by atoms with E-state index >= 15 is 0 Å². The second-order valence-electron chi connectivity index (χ2n) is 4.62. The first-order chi connectivity index (χ1) is 10.8. The van der Waals surface area contributed by atoms with Gasteiger partial charge < -0.3 is 15.2 Å². The number of rotatable bonds is 5. The van der Waals surface area contributed by atoms with Gasteiger partial charge in [0.05, 0.1) is 22.7 Å². The molecule has 0 aromatic heterocycles. The Kier molecular flexibility index (Phi) is 5.12. The van der Waals surface area contributed by atoms with Crippen LogP contribution in [0.25, 0.3) is 0 Å². The van der Waals surface area contributed by atoms with E-state index in [0.29, 0.717) is 0 Å². The normalized spacial score (nSPS) is 11.0. The summed E-state index contributed by atoms with van der Waals surface area (Å²) in [5.74, 6) is -1.51. The summed E-state index contributed by atoms with van der Waals surface area (Å²) in [4.78, 5) is 12.1. The van der Waals surface area contributed by atoms with E-state index in [4.69, 9.17) is 16.3 Å². The Balaban J connectivity index is 2.19. The molecule has 0 atom stereocenters. The quantitative estimate of drug-likeness (QED) is 0.804. The van der Waals surface area contributed by atoms with Gasteiger partial charge in [-0.25, -0.2) is 8.42 Å². The molecule has 1 amide bonds. The molecule has 0 saturated heterocycles. The van der Waals surface area contributed by atoms with Crippen LogP contribution in [0.3, 0.4) is 0 Å². The van der Waals surface area contributed by atoms with Gasteiger partial charge in [-0.3, -0.25) is 4.79 Å². The number of hydrogen-bond donors (Lipinski definition) is 2. The van der Waals surface area contributed by atoms with Crippen LogP contribution < -0.4 is 10.1 Å². The summed E-state index contributed by atoms with van der Waals surface area (Å²) >= 11 is 5.78. The lowest BCUT2D eigenvalue weighted by Crippen LogP contribution is -2.23. The fourth-order valence-corrected chi connectivity index (χ4v) is 3.20. The molecule has 8 heteroatoms. The van der Waals surface area contributed by atoms with Crippen LogP contribution in [-0.2, 0) is 14.6 Å². The van der Waals surface area contributed by atoms with Crippen molar-refractivity contribution < 1.29 is 23.1 Å². The lowest BCUT2D eigenvalue weighted by molar-refractivity contribution is -0.113. The number of carbonyl (C=O) groups excluding carboxylic acids is 1. The average molecular weight is 356 g/mol. The van der Waals surface area contributed by atoms with Gasteiger partial charge in [0.15, 0.2) is 9.84 Å². The van der Waals surface area contributed by atoms with Crippen molar-refractivity contribution in [3.05, 3.63) is 47.5 Å². The first kappa shape index (κ1) is 17.1. The molecule has 23 heavy (non-hydrogen) atoms. The second kappa shape index (κ2) is 6.89. The monoisotopic (exact) mass is 355 g/mol. The van der Waals surface area contributed by atoms with Gasteiger partial charge in [0.1, 0.15) is 17.3 Å². The van der Waals surface area contributed by atoms with E-state index in [-0.39, 0.29) is 27.1 Å². The van der Waals surface area contributed by atoms with Crippen molar-refractivity contribution in [1.82, 2.24) is 0 Å². The van der Waals surface area contributed by atoms with Crippen molar-refractivity contribution in [2.45, 2.75) is 4.90 Å². The minimum atomic E-state index is -3.75. The first-order valence-corrected chi connectivity index (χ1v) is 8.50. The van der Waals surface area contributed by atoms with Gasteiger partial charge in [0, 0.05) is 6.07 Å². The number of aromatic hydroxyl groups is 1. The topological polar surface area (TPSA) is 92.7 Å². The third-order valence-corrected chi connectivity index (χ3v) is 4.90. The summed E-state index contributed by atoms with van der Waals surface area (Å²) in [5.41, 5.74) is 0.170. The van der Waals surface area contributed by atoms with E-state index in [1.807, 2.05) is 0 Å². The zero-order valence-corrected chi connectivity index (χ0v) is 13.7. The minimum absolute atomic E-state index is 0.00650. The Hall–Kier alpha value is -2.25. The van der Waals surface area contributed by atoms with Gasteiger partial charge in [0.25, 0.3) is 0 Å². The molecule has 0 spiro atoms. The molecule has 0 unspecified atom stereocenters. The summed E-state index contributed by atoms with van der Waals surface area (Å²) in [6.07, 6.45) is 0. The summed E-state index contributed by atoms with van der Waals surface area (Å²) in [5, 5.41) is 11.9. The van der Waals surface area contributed by atoms with Crippen molar-refractivity contribution >= 4 is 33.0 Å². The highest BCUT2D eigenvalue weighted by Gasteiger charge is 2.20. The van der Waals surface area contributed by atoms with Crippen LogP contribution in [0.15, 0.2) is 47.4 Å². The largest absolute Gasteiger partial charge is 0.506 e. The number of nitrogens with one attached hydrogen (secondary N) is 1. The molecule has 0 fully saturated rings. The van der Waals surface area contributed by atoms with Gasteiger partial charge in [0.2, 0.25) is 5.91 Å². The fraction of sp³-hybridized carbons (Fsp3) is 0.133. The Bertz CT molecular complexity index is 821. The number of benzene rings is 2. The maximum absolute atomic E-state index is 12.2. The van der Waals surface area contributed by atoms with Crippen LogP contribution in [0.5, 0.6) is 11.5 Å². The first-order valence-electron chi connectivity index (χ1n) is 6.47. The summed E-state index contributed by atoms with van der Waals surface area (Å²) in [6, 6.07) is 10.2. The zero-order valence-electron chi connectivity index (χ0n) is 12.1. The Morgan fingerprint density at radius 1 is 1.26 bits per heavy atom. The van der Waals surface area contributed by atoms with Gasteiger partial charge in [-0.05, 0) is 18.2 Å². The molecular formula is C15H14ClNO5S. The molecule has 2 aromatic rings. The molecule has 2 rings (SSSR count). The van der Waals surface area contributed by atoms with Crippen LogP contribution in [0.1, 0.15) is 0 Å². The molecule has 122 valence electrons. The predicted molar refractivity (Wildman–Crippen MR) is 86.8 cm³/mol. The molecule has 0 aliphatic carbocycles. The number of methoxy groups -OCH3 is 1. The van der Waals surface area contributed by atoms with E-state index in [9.17, 15) is 18.3 Å². The van der Waals surface area contributed by atoms with Gasteiger partial charge in [-0.15, -0.1) is 0 Å². The number of ether oxygens (including phenoxy) is 1. The van der Waals surface area contributed by atoms with Crippen molar-refractivity contribution in [1.29, 1.82) is 0 Å². The SMILES string of the molecule is COc1cc(O)c(Cl)cc1NC(=O)CS(=O)(=O)c1ccccc1. The zero-order chi connectivity index (χ0) is 17.0. The second-order valence-corrected chi connectivity index (χ2v) is 7.02. The van der Waals surface area contributed by atoms with Crippen molar-refractivity contribution in [3.8, 4) is 11.5 Å². The number of halogens is 1. The Morgan fingerprint density at radius 3 is 2.52 bits per heavy atom. The minimum Gasteiger partial charge on any atom is -0.506 e. The lowest BCUT2D eigenvalue weighted by Gasteiger charge is -2.12. The standard InChI is InChI=1S/C15H14ClNO5S/c1-22-14-8-13(18)11(16)7-12(14)17-15(19)9-23(20,21)10-5-3-2-4-6-10/h2-8,18H,9H2,1H3,(H,17,19). The number of amides is 1. The Labute approximate surface area is 138 Å². The van der Waals surface area contributed by atoms with Crippen molar-refractivity contribution in [3.63, 3.8) is 0 Å². The smallest absolute Gasteiger partial charge is 0.240 e. The number of hydrogen-bond acceptors (Lipinski definition) is 5. The average Bonchev–Trinajstić information content (AvgIpc) is 2.51. The number of phenolic OH excluding ortho intramolecular Hbond substituents is 1. The summed E-state index contributed by atoms with van der Waals surface area (Å²) < 4.78 is 29.3. The molecule has 0 radical (unpaired) electrons. The highest BCUT2D eigenvalue weighted by Crippen LogP contribution is 2.35. The van der Waals surface area contributed by atoms with E-state index in [0.717, 1.165) is 0 Å². The molecule has 0 bridgehead atoms. The van der Waals surface area contributed by atoms with Crippen LogP contribution in [0.4, 0.5) is 5.69 Å². The lowest BCUT2D eigenvalue weighted by atomic mass is 10.2. The Morgan fingerprint density at radius 2 is 1.91 bits per heavy atom. The van der Waals surface area contributed by atoms with Gasteiger partial charge >= 0.3 is 0 Å². The van der Waals surface area contributed by atoms with Crippen molar-refractivity contribution in [2.75, 3.05) is 18.2 Å². The number of phenols is 1. The predicted octanol–water partition coefficient (Wildman–Crippen LogP) is 2.47. The fourth-order valence-electron chi connectivity index (χ4n) is 1.88. The highest BCUT2D eigenvalue weighted by atomic mass is 35.5. The molecular weight excluding hydrogens is 342 g/mol. The van der Waals surface area contributed by atoms with Crippen LogP contribution >= 0.6 is 11.6 Å². The number of carbonyl (C=O) groups is 1. The van der Waals surface area contributed by atoms with E-state index in [1.54, 1.807) is 18.2 Å². The maximum atomic E-state index is 12.2. The maximum Gasteiger partial charge on any atom is 0.240 e. The molecule has 0 aliphatic heterocycles. The van der Waals surface area contributed by atoms with Crippen LogP contribution in [0, 0.1) is 0 Å². The number of anilines is 1. The summed E-state index contributed by atoms with van der Waals surface area (Å²) in [7, 11) is -2.41.